The van der Waals surface area contributed by atoms with E-state index in [2.05, 4.69) is 5.32 Å². The summed E-state index contributed by atoms with van der Waals surface area (Å²) in [5, 5.41) is 3.46. The third kappa shape index (κ3) is 4.14. The second kappa shape index (κ2) is 6.87. The van der Waals surface area contributed by atoms with E-state index >= 15 is 0 Å². The van der Waals surface area contributed by atoms with Crippen molar-refractivity contribution in [2.24, 2.45) is 0 Å². The summed E-state index contributed by atoms with van der Waals surface area (Å²) in [7, 11) is -3.58. The molecule has 1 aliphatic rings. The minimum atomic E-state index is -3.58. The van der Waals surface area contributed by atoms with E-state index in [9.17, 15) is 13.2 Å². The maximum Gasteiger partial charge on any atom is 0.243 e. The fraction of sp³-hybridized carbons (Fsp3) is 0.533. The zero-order chi connectivity index (χ0) is 16.3. The van der Waals surface area contributed by atoms with E-state index in [1.165, 1.54) is 0 Å². The fourth-order valence-electron chi connectivity index (χ4n) is 2.79. The molecule has 22 heavy (non-hydrogen) atoms. The molecule has 0 saturated heterocycles. The predicted molar refractivity (Wildman–Crippen MR) is 88.6 cm³/mol. The summed E-state index contributed by atoms with van der Waals surface area (Å²) in [6.07, 6.45) is 5.22. The first-order chi connectivity index (χ1) is 10.3. The Kier molecular flexibility index (Phi) is 5.34. The van der Waals surface area contributed by atoms with Gasteiger partial charge in [0.2, 0.25) is 15.9 Å². The summed E-state index contributed by atoms with van der Waals surface area (Å²) < 4.78 is 25.4. The van der Waals surface area contributed by atoms with E-state index in [-0.39, 0.29) is 11.9 Å². The average molecular weight is 345 g/mol. The van der Waals surface area contributed by atoms with Crippen molar-refractivity contribution in [3.05, 3.63) is 29.3 Å². The van der Waals surface area contributed by atoms with Crippen molar-refractivity contribution in [1.29, 1.82) is 0 Å². The molecule has 1 fully saturated rings. The van der Waals surface area contributed by atoms with Crippen molar-refractivity contribution in [2.75, 3.05) is 10.6 Å². The minimum absolute atomic E-state index is 0.154. The highest BCUT2D eigenvalue weighted by atomic mass is 35.5. The van der Waals surface area contributed by atoms with Crippen LogP contribution in [0.3, 0.4) is 0 Å². The monoisotopic (exact) mass is 344 g/mol. The predicted octanol–water partition coefficient (Wildman–Crippen LogP) is 2.55. The van der Waals surface area contributed by atoms with Gasteiger partial charge in [0, 0.05) is 11.1 Å². The number of benzene rings is 1. The van der Waals surface area contributed by atoms with Gasteiger partial charge >= 0.3 is 0 Å². The van der Waals surface area contributed by atoms with Crippen molar-refractivity contribution < 1.29 is 13.2 Å². The van der Waals surface area contributed by atoms with Crippen LogP contribution in [-0.4, -0.2) is 32.7 Å². The maximum atomic E-state index is 12.4. The summed E-state index contributed by atoms with van der Waals surface area (Å²) in [6.45, 7) is 1.60. The molecule has 1 amide bonds. The molecule has 0 spiro atoms. The Morgan fingerprint density at radius 1 is 1.27 bits per heavy atom. The molecule has 5 nitrogen and oxygen atoms in total. The summed E-state index contributed by atoms with van der Waals surface area (Å²) in [4.78, 5) is 12.4. The highest BCUT2D eigenvalue weighted by molar-refractivity contribution is 7.92. The van der Waals surface area contributed by atoms with Crippen LogP contribution in [0.4, 0.5) is 5.69 Å². The normalized spacial score (nSPS) is 17.2. The number of carbonyl (C=O) groups is 1. The number of amides is 1. The Morgan fingerprint density at radius 2 is 1.82 bits per heavy atom. The van der Waals surface area contributed by atoms with Crippen LogP contribution >= 0.6 is 11.6 Å². The summed E-state index contributed by atoms with van der Waals surface area (Å²) in [6, 6.07) is 5.76. The molecular formula is C15H21ClN2O3S. The van der Waals surface area contributed by atoms with Crippen LogP contribution < -0.4 is 9.62 Å². The van der Waals surface area contributed by atoms with E-state index in [4.69, 9.17) is 11.6 Å². The molecule has 2 rings (SSSR count). The van der Waals surface area contributed by atoms with E-state index in [1.807, 2.05) is 0 Å². The van der Waals surface area contributed by atoms with Gasteiger partial charge in [0.25, 0.3) is 0 Å². The standard InChI is InChI=1S/C15H21ClN2O3S/c1-11(15(19)17-13-5-3-4-6-13)18(22(2,20)21)14-9-7-12(16)8-10-14/h7-11,13H,3-6H2,1-2H3,(H,17,19)/t11-/m1/s1. The largest absolute Gasteiger partial charge is 0.352 e. The van der Waals surface area contributed by atoms with Crippen LogP contribution in [0.2, 0.25) is 5.02 Å². The van der Waals surface area contributed by atoms with Gasteiger partial charge in [-0.1, -0.05) is 24.4 Å². The highest BCUT2D eigenvalue weighted by Crippen LogP contribution is 2.24. The van der Waals surface area contributed by atoms with E-state index in [1.54, 1.807) is 31.2 Å². The average Bonchev–Trinajstić information content (AvgIpc) is 2.92. The second-order valence-corrected chi connectivity index (χ2v) is 8.00. The topological polar surface area (TPSA) is 66.5 Å². The smallest absolute Gasteiger partial charge is 0.243 e. The van der Waals surface area contributed by atoms with Gasteiger partial charge in [0.05, 0.1) is 11.9 Å². The van der Waals surface area contributed by atoms with Crippen molar-refractivity contribution in [3.8, 4) is 0 Å². The summed E-state index contributed by atoms with van der Waals surface area (Å²) in [5.41, 5.74) is 0.431. The number of carbonyl (C=O) groups excluding carboxylic acids is 1. The van der Waals surface area contributed by atoms with Gasteiger partial charge in [0.15, 0.2) is 0 Å². The van der Waals surface area contributed by atoms with Gasteiger partial charge in [0.1, 0.15) is 6.04 Å². The zero-order valence-corrected chi connectivity index (χ0v) is 14.3. The third-order valence-corrected chi connectivity index (χ3v) is 5.36. The minimum Gasteiger partial charge on any atom is -0.352 e. The second-order valence-electron chi connectivity index (χ2n) is 5.70. The lowest BCUT2D eigenvalue weighted by Gasteiger charge is -2.29. The molecule has 0 aromatic heterocycles. The van der Waals surface area contributed by atoms with Gasteiger partial charge < -0.3 is 5.32 Å². The molecule has 1 aliphatic carbocycles. The summed E-state index contributed by atoms with van der Waals surface area (Å²) >= 11 is 5.84. The lowest BCUT2D eigenvalue weighted by molar-refractivity contribution is -0.122. The van der Waals surface area contributed by atoms with E-state index < -0.39 is 16.1 Å². The molecule has 1 N–H and O–H groups in total. The molecule has 0 unspecified atom stereocenters. The fourth-order valence-corrected chi connectivity index (χ4v) is 4.09. The van der Waals surface area contributed by atoms with Crippen LogP contribution in [0.15, 0.2) is 24.3 Å². The van der Waals surface area contributed by atoms with Gasteiger partial charge in [-0.25, -0.2) is 8.42 Å². The van der Waals surface area contributed by atoms with E-state index in [0.717, 1.165) is 36.2 Å². The number of halogens is 1. The van der Waals surface area contributed by atoms with Crippen LogP contribution in [-0.2, 0) is 14.8 Å². The Balaban J connectivity index is 2.21. The van der Waals surface area contributed by atoms with E-state index in [0.29, 0.717) is 10.7 Å². The Morgan fingerprint density at radius 3 is 2.32 bits per heavy atom. The number of nitrogens with zero attached hydrogens (tertiary/aromatic N) is 1. The van der Waals surface area contributed by atoms with Crippen LogP contribution in [0.5, 0.6) is 0 Å². The Hall–Kier alpha value is -1.27. The van der Waals surface area contributed by atoms with Gasteiger partial charge in [-0.2, -0.15) is 0 Å². The molecule has 1 atom stereocenters. The van der Waals surface area contributed by atoms with Gasteiger partial charge in [-0.15, -0.1) is 0 Å². The number of nitrogens with one attached hydrogen (secondary N) is 1. The number of hydrogen-bond donors (Lipinski definition) is 1. The third-order valence-electron chi connectivity index (χ3n) is 3.87. The SMILES string of the molecule is C[C@H](C(=O)NC1CCCC1)N(c1ccc(Cl)cc1)S(C)(=O)=O. The molecule has 0 heterocycles. The summed E-state index contributed by atoms with van der Waals surface area (Å²) in [5.74, 6) is -0.271. The number of anilines is 1. The molecular weight excluding hydrogens is 324 g/mol. The number of hydrogen-bond acceptors (Lipinski definition) is 3. The van der Waals surface area contributed by atoms with Gasteiger partial charge in [-0.3, -0.25) is 9.10 Å². The van der Waals surface area contributed by atoms with Crippen molar-refractivity contribution >= 4 is 33.2 Å². The number of rotatable bonds is 5. The number of sulfonamides is 1. The molecule has 1 aromatic carbocycles. The molecule has 1 aromatic rings. The van der Waals surface area contributed by atoms with Crippen LogP contribution in [0.25, 0.3) is 0 Å². The van der Waals surface area contributed by atoms with Crippen LogP contribution in [0.1, 0.15) is 32.6 Å². The molecule has 122 valence electrons. The molecule has 0 aliphatic heterocycles. The van der Waals surface area contributed by atoms with Crippen molar-refractivity contribution in [3.63, 3.8) is 0 Å². The van der Waals surface area contributed by atoms with Crippen molar-refractivity contribution in [2.45, 2.75) is 44.7 Å². The first-order valence-electron chi connectivity index (χ1n) is 7.34. The van der Waals surface area contributed by atoms with Crippen molar-refractivity contribution in [1.82, 2.24) is 5.32 Å². The lowest BCUT2D eigenvalue weighted by Crippen LogP contribution is -2.49. The first kappa shape index (κ1) is 17.1. The molecule has 0 bridgehead atoms. The quantitative estimate of drug-likeness (QED) is 0.892. The maximum absolute atomic E-state index is 12.4. The van der Waals surface area contributed by atoms with Crippen LogP contribution in [0, 0.1) is 0 Å². The zero-order valence-electron chi connectivity index (χ0n) is 12.8. The molecule has 1 saturated carbocycles. The lowest BCUT2D eigenvalue weighted by atomic mass is 10.2. The Bertz CT molecular complexity index is 625. The molecule has 7 heteroatoms. The highest BCUT2D eigenvalue weighted by Gasteiger charge is 2.30. The Labute approximate surface area is 136 Å². The first-order valence-corrected chi connectivity index (χ1v) is 9.57. The van der Waals surface area contributed by atoms with Gasteiger partial charge in [-0.05, 0) is 44.0 Å². The molecule has 0 radical (unpaired) electrons.